The van der Waals surface area contributed by atoms with Crippen molar-refractivity contribution in [3.63, 3.8) is 0 Å². The van der Waals surface area contributed by atoms with Crippen molar-refractivity contribution in [2.45, 2.75) is 19.3 Å². The van der Waals surface area contributed by atoms with Gasteiger partial charge in [-0.2, -0.15) is 0 Å². The minimum absolute atomic E-state index is 0.174. The van der Waals surface area contributed by atoms with E-state index in [-0.39, 0.29) is 11.8 Å². The molecule has 1 aromatic heterocycles. The molecule has 2 aliphatic carbocycles. The Morgan fingerprint density at radius 2 is 2.50 bits per heavy atom. The average Bonchev–Trinajstić information content (AvgIpc) is 2.83. The van der Waals surface area contributed by atoms with Gasteiger partial charge in [-0.1, -0.05) is 0 Å². The lowest BCUT2D eigenvalue weighted by Crippen LogP contribution is -2.06. The van der Waals surface area contributed by atoms with Crippen molar-refractivity contribution in [3.05, 3.63) is 23.4 Å². The van der Waals surface area contributed by atoms with E-state index in [1.54, 1.807) is 6.20 Å². The van der Waals surface area contributed by atoms with Gasteiger partial charge in [-0.15, -0.1) is 0 Å². The molecule has 0 radical (unpaired) electrons. The number of aromatic nitrogens is 1. The van der Waals surface area contributed by atoms with Gasteiger partial charge in [0.2, 0.25) is 5.88 Å². The second-order valence-electron chi connectivity index (χ2n) is 4.41. The quantitative estimate of drug-likeness (QED) is 0.835. The number of fused-ring (bicyclic) bond motifs is 3. The normalized spacial score (nSPS) is 29.4. The van der Waals surface area contributed by atoms with Crippen molar-refractivity contribution in [1.29, 1.82) is 0 Å². The summed E-state index contributed by atoms with van der Waals surface area (Å²) < 4.78 is 5.33. The number of rotatable bonds is 3. The monoisotopic (exact) mass is 219 g/mol. The summed E-state index contributed by atoms with van der Waals surface area (Å²) in [6.45, 7) is 2.53. The van der Waals surface area contributed by atoms with E-state index >= 15 is 0 Å². The standard InChI is InChI=1S/C12H13NO3/c1-2-16-9-4-6-3-7-10(8(6)5-13-9)11(7)12(14)15/h4-5,7,10-11H,2-3H2,1H3,(H,14,15)/t7-,10-,11+/m1/s1. The Balaban J connectivity index is 1.87. The highest BCUT2D eigenvalue weighted by atomic mass is 16.5. The summed E-state index contributed by atoms with van der Waals surface area (Å²) in [5.41, 5.74) is 2.33. The highest BCUT2D eigenvalue weighted by Crippen LogP contribution is 2.61. The van der Waals surface area contributed by atoms with Crippen LogP contribution >= 0.6 is 0 Å². The number of aliphatic carboxylic acids is 1. The van der Waals surface area contributed by atoms with E-state index in [1.807, 2.05) is 13.0 Å². The molecule has 0 amide bonds. The second kappa shape index (κ2) is 3.20. The Morgan fingerprint density at radius 3 is 3.19 bits per heavy atom. The fraction of sp³-hybridized carbons (Fsp3) is 0.500. The molecule has 0 saturated heterocycles. The first kappa shape index (κ1) is 9.63. The van der Waals surface area contributed by atoms with Crippen LogP contribution in [-0.4, -0.2) is 22.7 Å². The lowest BCUT2D eigenvalue weighted by atomic mass is 10.0. The second-order valence-corrected chi connectivity index (χ2v) is 4.41. The molecule has 2 aliphatic rings. The van der Waals surface area contributed by atoms with E-state index in [2.05, 4.69) is 4.98 Å². The predicted octanol–water partition coefficient (Wildman–Crippen LogP) is 1.45. The van der Waals surface area contributed by atoms with Crippen LogP contribution < -0.4 is 4.74 Å². The third-order valence-electron chi connectivity index (χ3n) is 3.56. The van der Waals surface area contributed by atoms with Crippen LogP contribution in [0.5, 0.6) is 5.88 Å². The van der Waals surface area contributed by atoms with Crippen molar-refractivity contribution in [2.24, 2.45) is 11.8 Å². The van der Waals surface area contributed by atoms with Gasteiger partial charge in [-0.05, 0) is 30.4 Å². The van der Waals surface area contributed by atoms with Gasteiger partial charge >= 0.3 is 5.97 Å². The zero-order valence-electron chi connectivity index (χ0n) is 9.01. The first-order chi connectivity index (χ1) is 7.72. The lowest BCUT2D eigenvalue weighted by Gasteiger charge is -2.07. The molecule has 1 heterocycles. The fourth-order valence-electron chi connectivity index (χ4n) is 2.83. The molecular formula is C12H13NO3. The zero-order valence-corrected chi connectivity index (χ0v) is 9.01. The maximum atomic E-state index is 10.9. The van der Waals surface area contributed by atoms with Crippen molar-refractivity contribution >= 4 is 5.97 Å². The van der Waals surface area contributed by atoms with Crippen molar-refractivity contribution in [2.75, 3.05) is 6.61 Å². The molecule has 1 fully saturated rings. The first-order valence-electron chi connectivity index (χ1n) is 5.56. The Kier molecular flexibility index (Phi) is 1.93. The van der Waals surface area contributed by atoms with Gasteiger partial charge in [0.05, 0.1) is 12.5 Å². The Labute approximate surface area is 93.3 Å². The highest BCUT2D eigenvalue weighted by Gasteiger charge is 2.59. The molecular weight excluding hydrogens is 206 g/mol. The van der Waals surface area contributed by atoms with Crippen LogP contribution in [0, 0.1) is 11.8 Å². The highest BCUT2D eigenvalue weighted by molar-refractivity contribution is 5.77. The molecule has 3 atom stereocenters. The van der Waals surface area contributed by atoms with E-state index in [0.717, 1.165) is 12.0 Å². The molecule has 3 rings (SSSR count). The molecule has 0 aliphatic heterocycles. The topological polar surface area (TPSA) is 59.4 Å². The Bertz CT molecular complexity index is 458. The third kappa shape index (κ3) is 1.22. The number of carbonyl (C=O) groups is 1. The van der Waals surface area contributed by atoms with Crippen LogP contribution in [0.4, 0.5) is 0 Å². The lowest BCUT2D eigenvalue weighted by molar-refractivity contribution is -0.139. The summed E-state index contributed by atoms with van der Waals surface area (Å²) >= 11 is 0. The molecule has 84 valence electrons. The van der Waals surface area contributed by atoms with Crippen LogP contribution in [0.25, 0.3) is 0 Å². The Morgan fingerprint density at radius 1 is 1.69 bits per heavy atom. The van der Waals surface area contributed by atoms with Crippen molar-refractivity contribution < 1.29 is 14.6 Å². The molecule has 1 aromatic rings. The molecule has 16 heavy (non-hydrogen) atoms. The van der Waals surface area contributed by atoms with E-state index in [0.29, 0.717) is 18.4 Å². The molecule has 1 N–H and O–H groups in total. The van der Waals surface area contributed by atoms with Gasteiger partial charge in [-0.3, -0.25) is 4.79 Å². The smallest absolute Gasteiger partial charge is 0.307 e. The maximum Gasteiger partial charge on any atom is 0.307 e. The van der Waals surface area contributed by atoms with Gasteiger partial charge in [0.25, 0.3) is 0 Å². The maximum absolute atomic E-state index is 10.9. The summed E-state index contributed by atoms with van der Waals surface area (Å²) in [6, 6.07) is 1.95. The minimum atomic E-state index is -0.672. The largest absolute Gasteiger partial charge is 0.481 e. The molecule has 0 unspecified atom stereocenters. The Hall–Kier alpha value is -1.58. The van der Waals surface area contributed by atoms with E-state index in [4.69, 9.17) is 9.84 Å². The van der Waals surface area contributed by atoms with Gasteiger partial charge in [0, 0.05) is 18.2 Å². The van der Waals surface area contributed by atoms with E-state index in [9.17, 15) is 4.79 Å². The van der Waals surface area contributed by atoms with E-state index < -0.39 is 5.97 Å². The van der Waals surface area contributed by atoms with E-state index in [1.165, 1.54) is 5.56 Å². The molecule has 0 aromatic carbocycles. The van der Waals surface area contributed by atoms with Gasteiger partial charge in [-0.25, -0.2) is 4.98 Å². The number of pyridine rings is 1. The summed E-state index contributed by atoms with van der Waals surface area (Å²) in [5, 5.41) is 8.98. The number of nitrogens with zero attached hydrogens (tertiary/aromatic N) is 1. The molecule has 1 saturated carbocycles. The van der Waals surface area contributed by atoms with Crippen LogP contribution in [0.1, 0.15) is 24.0 Å². The number of hydrogen-bond acceptors (Lipinski definition) is 3. The summed E-state index contributed by atoms with van der Waals surface area (Å²) in [5.74, 6) is 0.304. The van der Waals surface area contributed by atoms with Crippen LogP contribution in [0.15, 0.2) is 12.3 Å². The molecule has 0 spiro atoms. The summed E-state index contributed by atoms with van der Waals surface area (Å²) in [6.07, 6.45) is 2.65. The van der Waals surface area contributed by atoms with Gasteiger partial charge in [0.15, 0.2) is 0 Å². The average molecular weight is 219 g/mol. The molecule has 4 heteroatoms. The third-order valence-corrected chi connectivity index (χ3v) is 3.56. The minimum Gasteiger partial charge on any atom is -0.481 e. The number of carboxylic acids is 1. The van der Waals surface area contributed by atoms with Gasteiger partial charge in [0.1, 0.15) is 0 Å². The van der Waals surface area contributed by atoms with Crippen LogP contribution in [0.3, 0.4) is 0 Å². The predicted molar refractivity (Wildman–Crippen MR) is 56.5 cm³/mol. The molecule has 0 bridgehead atoms. The first-order valence-corrected chi connectivity index (χ1v) is 5.56. The zero-order chi connectivity index (χ0) is 11.3. The number of carboxylic acid groups (broad SMARTS) is 1. The van der Waals surface area contributed by atoms with Crippen molar-refractivity contribution in [1.82, 2.24) is 4.98 Å². The fourth-order valence-corrected chi connectivity index (χ4v) is 2.83. The summed E-state index contributed by atoms with van der Waals surface area (Å²) in [7, 11) is 0. The van der Waals surface area contributed by atoms with Crippen LogP contribution in [-0.2, 0) is 11.2 Å². The molecule has 4 nitrogen and oxygen atoms in total. The van der Waals surface area contributed by atoms with Gasteiger partial charge < -0.3 is 9.84 Å². The number of ether oxygens (including phenoxy) is 1. The number of hydrogen-bond donors (Lipinski definition) is 1. The SMILES string of the molecule is CCOc1cc2c(cn1)[C@H]1[C@@H](C2)[C@@H]1C(=O)O. The summed E-state index contributed by atoms with van der Waals surface area (Å²) in [4.78, 5) is 15.1. The van der Waals surface area contributed by atoms with Crippen LogP contribution in [0.2, 0.25) is 0 Å². The van der Waals surface area contributed by atoms with Crippen molar-refractivity contribution in [3.8, 4) is 5.88 Å².